The number of ketones is 1. The molecule has 4 aromatic rings. The summed E-state index contributed by atoms with van der Waals surface area (Å²) in [6.45, 7) is 1.50. The summed E-state index contributed by atoms with van der Waals surface area (Å²) in [5, 5.41) is 0. The number of aryl methyl sites for hydroxylation is 2. The van der Waals surface area contributed by atoms with Crippen molar-refractivity contribution in [1.29, 1.82) is 0 Å². The van der Waals surface area contributed by atoms with Crippen molar-refractivity contribution < 1.29 is 19.1 Å². The summed E-state index contributed by atoms with van der Waals surface area (Å²) in [4.78, 5) is 24.1. The predicted molar refractivity (Wildman–Crippen MR) is 140 cm³/mol. The molecule has 0 radical (unpaired) electrons. The number of ether oxygens (including phenoxy) is 2. The highest BCUT2D eigenvalue weighted by atomic mass is 16.5. The highest BCUT2D eigenvalue weighted by molar-refractivity contribution is 5.96. The molecule has 0 heterocycles. The lowest BCUT2D eigenvalue weighted by Gasteiger charge is -2.28. The normalized spacial score (nSPS) is 13.1. The molecule has 0 fully saturated rings. The molecule has 0 aliphatic heterocycles. The van der Waals surface area contributed by atoms with Gasteiger partial charge in [0.1, 0.15) is 11.5 Å². The number of benzene rings is 4. The highest BCUT2D eigenvalue weighted by Gasteiger charge is 2.25. The SMILES string of the molecule is COc1ccc2c(c1)CCc1c-2ccc2c1CCc1cc(OC(=O)c3ccc(C(C)=O)cc3)ccc1-2. The monoisotopic (exact) mass is 474 g/mol. The summed E-state index contributed by atoms with van der Waals surface area (Å²) >= 11 is 0. The van der Waals surface area contributed by atoms with E-state index < -0.39 is 5.97 Å². The molecule has 0 amide bonds. The van der Waals surface area contributed by atoms with Crippen molar-refractivity contribution >= 4 is 11.8 Å². The molecule has 0 atom stereocenters. The van der Waals surface area contributed by atoms with E-state index in [2.05, 4.69) is 30.3 Å². The second-order valence-corrected chi connectivity index (χ2v) is 9.48. The fourth-order valence-electron chi connectivity index (χ4n) is 5.56. The van der Waals surface area contributed by atoms with Crippen molar-refractivity contribution in [3.8, 4) is 33.8 Å². The van der Waals surface area contributed by atoms with Crippen molar-refractivity contribution in [2.45, 2.75) is 32.6 Å². The van der Waals surface area contributed by atoms with Crippen LogP contribution >= 0.6 is 0 Å². The summed E-state index contributed by atoms with van der Waals surface area (Å²) < 4.78 is 11.1. The Morgan fingerprint density at radius 1 is 0.611 bits per heavy atom. The van der Waals surface area contributed by atoms with Gasteiger partial charge in [-0.2, -0.15) is 0 Å². The van der Waals surface area contributed by atoms with Gasteiger partial charge in [-0.15, -0.1) is 0 Å². The average Bonchev–Trinajstić information content (AvgIpc) is 2.91. The summed E-state index contributed by atoms with van der Waals surface area (Å²) in [5.41, 5.74) is 11.6. The zero-order valence-electron chi connectivity index (χ0n) is 20.4. The van der Waals surface area contributed by atoms with Gasteiger partial charge in [-0.05, 0) is 114 Å². The Morgan fingerprint density at radius 3 is 1.67 bits per heavy atom. The van der Waals surface area contributed by atoms with Gasteiger partial charge in [0.25, 0.3) is 0 Å². The lowest BCUT2D eigenvalue weighted by molar-refractivity contribution is 0.0734. The fraction of sp³-hybridized carbons (Fsp3) is 0.188. The van der Waals surface area contributed by atoms with Gasteiger partial charge >= 0.3 is 5.97 Å². The molecule has 4 nitrogen and oxygen atoms in total. The highest BCUT2D eigenvalue weighted by Crippen LogP contribution is 2.43. The van der Waals surface area contributed by atoms with Crippen LogP contribution in [-0.2, 0) is 25.7 Å². The first kappa shape index (κ1) is 22.3. The van der Waals surface area contributed by atoms with Crippen LogP contribution < -0.4 is 9.47 Å². The number of rotatable bonds is 4. The van der Waals surface area contributed by atoms with Crippen molar-refractivity contribution in [1.82, 2.24) is 0 Å². The first-order chi connectivity index (χ1) is 17.5. The maximum Gasteiger partial charge on any atom is 0.343 e. The van der Waals surface area contributed by atoms with Gasteiger partial charge in [0.15, 0.2) is 5.78 Å². The summed E-state index contributed by atoms with van der Waals surface area (Å²) in [6, 6.07) is 23.4. The zero-order chi connectivity index (χ0) is 24.8. The minimum atomic E-state index is -0.425. The molecule has 178 valence electrons. The number of fused-ring (bicyclic) bond motifs is 7. The molecule has 0 bridgehead atoms. The van der Waals surface area contributed by atoms with E-state index in [0.29, 0.717) is 16.9 Å². The predicted octanol–water partition coefficient (Wildman–Crippen LogP) is 6.65. The van der Waals surface area contributed by atoms with E-state index >= 15 is 0 Å². The van der Waals surface area contributed by atoms with Gasteiger partial charge < -0.3 is 9.47 Å². The largest absolute Gasteiger partial charge is 0.497 e. The third-order valence-corrected chi connectivity index (χ3v) is 7.43. The second kappa shape index (κ2) is 8.80. The quantitative estimate of drug-likeness (QED) is 0.189. The Kier molecular flexibility index (Phi) is 5.45. The molecule has 0 saturated carbocycles. The number of hydrogen-bond donors (Lipinski definition) is 0. The molecule has 2 aliphatic carbocycles. The molecule has 36 heavy (non-hydrogen) atoms. The van der Waals surface area contributed by atoms with E-state index in [0.717, 1.165) is 31.4 Å². The Hall–Kier alpha value is -4.18. The van der Waals surface area contributed by atoms with Crippen LogP contribution in [0.3, 0.4) is 0 Å². The molecule has 4 heteroatoms. The van der Waals surface area contributed by atoms with Gasteiger partial charge in [-0.3, -0.25) is 4.79 Å². The number of esters is 1. The van der Waals surface area contributed by atoms with Gasteiger partial charge in [-0.1, -0.05) is 36.4 Å². The topological polar surface area (TPSA) is 52.6 Å². The number of methoxy groups -OCH3 is 1. The molecule has 0 unspecified atom stereocenters. The Bertz CT molecular complexity index is 1530. The summed E-state index contributed by atoms with van der Waals surface area (Å²) in [5.74, 6) is 0.994. The van der Waals surface area contributed by atoms with E-state index in [4.69, 9.17) is 9.47 Å². The Labute approximate surface area is 210 Å². The molecule has 0 N–H and O–H groups in total. The molecule has 4 aromatic carbocycles. The van der Waals surface area contributed by atoms with Gasteiger partial charge in [0, 0.05) is 5.56 Å². The molecule has 0 aromatic heterocycles. The standard InChI is InChI=1S/C32H26O4/c1-19(33)20-3-5-21(6-4-20)32(34)36-25-10-14-27-23(18-25)8-12-31-29(27)16-15-28-26-13-9-24(35-2)17-22(26)7-11-30(28)31/h3-6,9-10,13-18H,7-8,11-12H2,1-2H3. The van der Waals surface area contributed by atoms with Crippen molar-refractivity contribution in [3.05, 3.63) is 106 Å². The van der Waals surface area contributed by atoms with Crippen LogP contribution in [0.1, 0.15) is 49.9 Å². The molecule has 0 spiro atoms. The number of carbonyl (C=O) groups is 2. The number of carbonyl (C=O) groups excluding carboxylic acids is 2. The maximum atomic E-state index is 12.6. The maximum absolute atomic E-state index is 12.6. The Morgan fingerprint density at radius 2 is 1.11 bits per heavy atom. The van der Waals surface area contributed by atoms with E-state index in [1.54, 1.807) is 31.4 Å². The number of Topliss-reactive ketones (excluding diaryl/α,β-unsaturated/α-hetero) is 1. The van der Waals surface area contributed by atoms with Crippen molar-refractivity contribution in [2.75, 3.05) is 7.11 Å². The van der Waals surface area contributed by atoms with Crippen LogP contribution in [0.25, 0.3) is 22.3 Å². The first-order valence-corrected chi connectivity index (χ1v) is 12.3. The van der Waals surface area contributed by atoms with E-state index in [-0.39, 0.29) is 5.78 Å². The fourth-order valence-corrected chi connectivity index (χ4v) is 5.56. The van der Waals surface area contributed by atoms with Crippen LogP contribution in [0.4, 0.5) is 0 Å². The van der Waals surface area contributed by atoms with Gasteiger partial charge in [0.2, 0.25) is 0 Å². The van der Waals surface area contributed by atoms with Gasteiger partial charge in [-0.25, -0.2) is 4.79 Å². The third-order valence-electron chi connectivity index (χ3n) is 7.43. The van der Waals surface area contributed by atoms with Crippen molar-refractivity contribution in [3.63, 3.8) is 0 Å². The zero-order valence-corrected chi connectivity index (χ0v) is 20.4. The summed E-state index contributed by atoms with van der Waals surface area (Å²) in [7, 11) is 1.71. The lowest BCUT2D eigenvalue weighted by atomic mass is 9.76. The van der Waals surface area contributed by atoms with E-state index in [9.17, 15) is 9.59 Å². The van der Waals surface area contributed by atoms with Gasteiger partial charge in [0.05, 0.1) is 12.7 Å². The molecular weight excluding hydrogens is 448 g/mol. The Balaban J connectivity index is 1.28. The molecular formula is C32H26O4. The summed E-state index contributed by atoms with van der Waals surface area (Å²) in [6.07, 6.45) is 3.94. The minimum absolute atomic E-state index is 0.0319. The van der Waals surface area contributed by atoms with E-state index in [1.807, 2.05) is 18.2 Å². The first-order valence-electron chi connectivity index (χ1n) is 12.3. The van der Waals surface area contributed by atoms with Crippen molar-refractivity contribution in [2.24, 2.45) is 0 Å². The van der Waals surface area contributed by atoms with Crippen LogP contribution in [0.15, 0.2) is 72.8 Å². The number of hydrogen-bond acceptors (Lipinski definition) is 4. The molecule has 0 saturated heterocycles. The molecule has 2 aliphatic rings. The van der Waals surface area contributed by atoms with Crippen LogP contribution in [0.5, 0.6) is 11.5 Å². The third kappa shape index (κ3) is 3.79. The van der Waals surface area contributed by atoms with Crippen LogP contribution in [0.2, 0.25) is 0 Å². The average molecular weight is 475 g/mol. The smallest absolute Gasteiger partial charge is 0.343 e. The van der Waals surface area contributed by atoms with E-state index in [1.165, 1.54) is 51.4 Å². The second-order valence-electron chi connectivity index (χ2n) is 9.48. The van der Waals surface area contributed by atoms with Crippen LogP contribution in [-0.4, -0.2) is 18.9 Å². The lowest BCUT2D eigenvalue weighted by Crippen LogP contribution is -2.13. The van der Waals surface area contributed by atoms with Crippen LogP contribution in [0, 0.1) is 0 Å². The minimum Gasteiger partial charge on any atom is -0.497 e. The molecule has 6 rings (SSSR count).